The van der Waals surface area contributed by atoms with E-state index < -0.39 is 11.0 Å². The third-order valence-corrected chi connectivity index (χ3v) is 3.33. The fourth-order valence-electron chi connectivity index (χ4n) is 1.86. The summed E-state index contributed by atoms with van der Waals surface area (Å²) in [5.41, 5.74) is 4.47. The second kappa shape index (κ2) is 5.57. The number of rotatable bonds is 6. The van der Waals surface area contributed by atoms with Crippen molar-refractivity contribution in [3.63, 3.8) is 0 Å². The van der Waals surface area contributed by atoms with Crippen LogP contribution in [0.3, 0.4) is 0 Å². The van der Waals surface area contributed by atoms with E-state index in [0.29, 0.717) is 18.7 Å². The second-order valence-corrected chi connectivity index (χ2v) is 4.81. The molecule has 9 nitrogen and oxygen atoms in total. The van der Waals surface area contributed by atoms with E-state index in [4.69, 9.17) is 5.73 Å². The molecule has 0 bridgehead atoms. The zero-order valence-electron chi connectivity index (χ0n) is 10.8. The van der Waals surface area contributed by atoms with Gasteiger partial charge in [-0.15, -0.1) is 0 Å². The molecule has 0 atom stereocenters. The summed E-state index contributed by atoms with van der Waals surface area (Å²) in [6, 6.07) is 0. The summed E-state index contributed by atoms with van der Waals surface area (Å²) in [4.78, 5) is 24.8. The van der Waals surface area contributed by atoms with Gasteiger partial charge in [0.05, 0.1) is 19.8 Å². The Morgan fingerprint density at radius 3 is 2.35 bits per heavy atom. The van der Waals surface area contributed by atoms with Crippen molar-refractivity contribution in [2.24, 2.45) is 5.41 Å². The first-order valence-corrected chi connectivity index (χ1v) is 6.10. The van der Waals surface area contributed by atoms with Crippen molar-refractivity contribution < 1.29 is 15.3 Å². The number of aryl methyl sites for hydroxylation is 1. The highest BCUT2D eigenvalue weighted by Gasteiger charge is 2.28. The van der Waals surface area contributed by atoms with E-state index in [9.17, 15) is 20.1 Å². The number of nitrogens with zero attached hydrogens (tertiary/aromatic N) is 2. The van der Waals surface area contributed by atoms with Gasteiger partial charge in [0.15, 0.2) is 11.2 Å². The van der Waals surface area contributed by atoms with Gasteiger partial charge in [-0.3, -0.25) is 9.78 Å². The Morgan fingerprint density at radius 1 is 1.10 bits per heavy atom. The minimum absolute atomic E-state index is 0.0176. The third kappa shape index (κ3) is 2.64. The van der Waals surface area contributed by atoms with Crippen LogP contribution in [-0.4, -0.2) is 55.1 Å². The SMILES string of the molecule is Nc1nc2nc(CCC(CO)(CO)CO)[nH]c2c(=O)[nH]1. The number of anilines is 1. The molecule has 0 aliphatic carbocycles. The maximum atomic E-state index is 11.6. The Bertz CT molecular complexity index is 638. The number of nitrogens with one attached hydrogen (secondary N) is 2. The lowest BCUT2D eigenvalue weighted by Gasteiger charge is -2.26. The van der Waals surface area contributed by atoms with Gasteiger partial charge in [0.1, 0.15) is 5.82 Å². The normalized spacial score (nSPS) is 12.2. The van der Waals surface area contributed by atoms with E-state index in [-0.39, 0.29) is 36.9 Å². The zero-order chi connectivity index (χ0) is 14.8. The van der Waals surface area contributed by atoms with Gasteiger partial charge in [0.2, 0.25) is 5.95 Å². The van der Waals surface area contributed by atoms with Gasteiger partial charge in [0.25, 0.3) is 5.56 Å². The van der Waals surface area contributed by atoms with Gasteiger partial charge in [-0.25, -0.2) is 4.98 Å². The molecule has 2 heterocycles. The monoisotopic (exact) mass is 283 g/mol. The highest BCUT2D eigenvalue weighted by molar-refractivity contribution is 5.70. The van der Waals surface area contributed by atoms with Crippen LogP contribution in [0.2, 0.25) is 0 Å². The molecule has 2 aromatic heterocycles. The number of hydrogen-bond donors (Lipinski definition) is 6. The molecule has 20 heavy (non-hydrogen) atoms. The Morgan fingerprint density at radius 2 is 1.75 bits per heavy atom. The molecule has 9 heteroatoms. The minimum atomic E-state index is -0.974. The van der Waals surface area contributed by atoms with Crippen molar-refractivity contribution in [1.29, 1.82) is 0 Å². The van der Waals surface area contributed by atoms with Crippen molar-refractivity contribution in [2.45, 2.75) is 12.8 Å². The van der Waals surface area contributed by atoms with Gasteiger partial charge >= 0.3 is 0 Å². The van der Waals surface area contributed by atoms with E-state index in [0.717, 1.165) is 0 Å². The van der Waals surface area contributed by atoms with E-state index in [1.165, 1.54) is 0 Å². The zero-order valence-corrected chi connectivity index (χ0v) is 10.8. The summed E-state index contributed by atoms with van der Waals surface area (Å²) in [6.45, 7) is -1.02. The topological polar surface area (TPSA) is 161 Å². The molecular weight excluding hydrogens is 266 g/mol. The molecule has 0 aliphatic rings. The summed E-state index contributed by atoms with van der Waals surface area (Å²) in [6.07, 6.45) is 0.654. The van der Waals surface area contributed by atoms with E-state index in [1.54, 1.807) is 0 Å². The maximum absolute atomic E-state index is 11.6. The number of aliphatic hydroxyl groups is 3. The first-order valence-electron chi connectivity index (χ1n) is 6.10. The average Bonchev–Trinajstić information content (AvgIpc) is 2.84. The molecule has 0 aliphatic heterocycles. The summed E-state index contributed by atoms with van der Waals surface area (Å²) < 4.78 is 0. The lowest BCUT2D eigenvalue weighted by Crippen LogP contribution is -2.34. The van der Waals surface area contributed by atoms with Gasteiger partial charge < -0.3 is 26.0 Å². The molecule has 0 unspecified atom stereocenters. The summed E-state index contributed by atoms with van der Waals surface area (Å²) >= 11 is 0. The molecule has 0 amide bonds. The number of hydrogen-bond acceptors (Lipinski definition) is 7. The van der Waals surface area contributed by atoms with Crippen LogP contribution in [0.1, 0.15) is 12.2 Å². The highest BCUT2D eigenvalue weighted by Crippen LogP contribution is 2.22. The Labute approximate surface area is 113 Å². The van der Waals surface area contributed by atoms with Gasteiger partial charge in [0, 0.05) is 11.8 Å². The number of H-pyrrole nitrogens is 2. The molecule has 0 saturated heterocycles. The van der Waals surface area contributed by atoms with Crippen LogP contribution in [0.25, 0.3) is 11.2 Å². The van der Waals surface area contributed by atoms with Crippen LogP contribution < -0.4 is 11.3 Å². The summed E-state index contributed by atoms with van der Waals surface area (Å²) in [5.74, 6) is 0.458. The predicted octanol–water partition coefficient (Wildman–Crippen LogP) is -1.88. The first-order chi connectivity index (χ1) is 9.53. The number of aromatic nitrogens is 4. The van der Waals surface area contributed by atoms with Crippen molar-refractivity contribution in [3.05, 3.63) is 16.2 Å². The van der Waals surface area contributed by atoms with Gasteiger partial charge in [-0.2, -0.15) is 4.98 Å². The third-order valence-electron chi connectivity index (χ3n) is 3.33. The Balaban J connectivity index is 2.23. The van der Waals surface area contributed by atoms with Gasteiger partial charge in [-0.1, -0.05) is 0 Å². The molecule has 110 valence electrons. The Hall–Kier alpha value is -1.97. The van der Waals surface area contributed by atoms with Crippen LogP contribution in [0.4, 0.5) is 5.95 Å². The van der Waals surface area contributed by atoms with Crippen molar-refractivity contribution >= 4 is 17.1 Å². The largest absolute Gasteiger partial charge is 0.396 e. The molecule has 2 rings (SSSR count). The number of aliphatic hydroxyl groups excluding tert-OH is 3. The summed E-state index contributed by atoms with van der Waals surface area (Å²) in [7, 11) is 0. The lowest BCUT2D eigenvalue weighted by atomic mass is 9.86. The van der Waals surface area contributed by atoms with Gasteiger partial charge in [-0.05, 0) is 6.42 Å². The van der Waals surface area contributed by atoms with E-state index >= 15 is 0 Å². The fourth-order valence-corrected chi connectivity index (χ4v) is 1.86. The maximum Gasteiger partial charge on any atom is 0.278 e. The van der Waals surface area contributed by atoms with E-state index in [2.05, 4.69) is 19.9 Å². The lowest BCUT2D eigenvalue weighted by molar-refractivity contribution is -0.000545. The van der Waals surface area contributed by atoms with Crippen molar-refractivity contribution in [3.8, 4) is 0 Å². The van der Waals surface area contributed by atoms with Crippen molar-refractivity contribution in [1.82, 2.24) is 19.9 Å². The molecule has 0 saturated carbocycles. The highest BCUT2D eigenvalue weighted by atomic mass is 16.3. The summed E-state index contributed by atoms with van der Waals surface area (Å²) in [5, 5.41) is 27.7. The number of nitrogen functional groups attached to an aromatic ring is 1. The number of imidazole rings is 1. The average molecular weight is 283 g/mol. The number of nitrogens with two attached hydrogens (primary N) is 1. The number of aromatic amines is 2. The molecule has 0 radical (unpaired) electrons. The molecule has 7 N–H and O–H groups in total. The van der Waals surface area contributed by atoms with E-state index in [1.807, 2.05) is 0 Å². The Kier molecular flexibility index (Phi) is 4.02. The molecule has 2 aromatic rings. The van der Waals surface area contributed by atoms with Crippen LogP contribution in [0.5, 0.6) is 0 Å². The smallest absolute Gasteiger partial charge is 0.278 e. The van der Waals surface area contributed by atoms with Crippen molar-refractivity contribution in [2.75, 3.05) is 25.6 Å². The molecular formula is C11H17N5O4. The predicted molar refractivity (Wildman–Crippen MR) is 70.9 cm³/mol. The quantitative estimate of drug-likeness (QED) is 0.361. The van der Waals surface area contributed by atoms with Crippen LogP contribution in [-0.2, 0) is 6.42 Å². The number of fused-ring (bicyclic) bond motifs is 1. The fraction of sp³-hybridized carbons (Fsp3) is 0.545. The van der Waals surface area contributed by atoms with Crippen LogP contribution in [0, 0.1) is 5.41 Å². The minimum Gasteiger partial charge on any atom is -0.396 e. The van der Waals surface area contributed by atoms with Crippen LogP contribution in [0.15, 0.2) is 4.79 Å². The molecule has 0 fully saturated rings. The second-order valence-electron chi connectivity index (χ2n) is 4.81. The first kappa shape index (κ1) is 14.4. The molecule has 0 spiro atoms. The van der Waals surface area contributed by atoms with Crippen LogP contribution >= 0.6 is 0 Å². The molecule has 0 aromatic carbocycles. The standard InChI is InChI=1S/C11H17N5O4/c12-10-15-8-7(9(20)16-10)13-6(14-8)1-2-11(3-17,4-18)5-19/h17-19H,1-5H2,(H4,12,13,14,15,16,20).